The van der Waals surface area contributed by atoms with Gasteiger partial charge in [-0.25, -0.2) is 4.79 Å². The molecule has 2 bridgehead atoms. The molecular formula is C18H19NO5. The molecule has 0 heterocycles. The number of nitro benzene ring substituents is 1. The lowest BCUT2D eigenvalue weighted by atomic mass is 9.60. The molecule has 24 heavy (non-hydrogen) atoms. The Kier molecular flexibility index (Phi) is 3.59. The molecule has 2 aliphatic carbocycles. The minimum absolute atomic E-state index is 0.00671. The molecule has 126 valence electrons. The predicted molar refractivity (Wildman–Crippen MR) is 86.2 cm³/mol. The topological polar surface area (TPSA) is 86.5 Å². The van der Waals surface area contributed by atoms with E-state index < -0.39 is 16.3 Å². The molecule has 0 amide bonds. The number of hydrogen-bond donors (Lipinski definition) is 0. The molecule has 0 spiro atoms. The zero-order chi connectivity index (χ0) is 17.7. The fourth-order valence-electron chi connectivity index (χ4n) is 3.81. The SMILES string of the molecule is CC12CCC(C(OC(=O)c3ccc([N+](=O)[O-])cc3)=CC1=O)C2(C)C. The highest BCUT2D eigenvalue weighted by atomic mass is 16.6. The molecule has 6 heteroatoms. The van der Waals surface area contributed by atoms with Gasteiger partial charge in [-0.1, -0.05) is 20.8 Å². The van der Waals surface area contributed by atoms with Crippen molar-refractivity contribution in [1.82, 2.24) is 0 Å². The van der Waals surface area contributed by atoms with Crippen LogP contribution in [0.1, 0.15) is 44.0 Å². The fraction of sp³-hybridized carbons (Fsp3) is 0.444. The third-order valence-electron chi connectivity index (χ3n) is 5.91. The second-order valence-corrected chi connectivity index (χ2v) is 7.25. The van der Waals surface area contributed by atoms with Crippen LogP contribution in [0.2, 0.25) is 0 Å². The molecule has 2 atom stereocenters. The molecule has 2 aliphatic rings. The number of allylic oxidation sites excluding steroid dienone is 2. The molecule has 2 unspecified atom stereocenters. The van der Waals surface area contributed by atoms with Gasteiger partial charge in [0.2, 0.25) is 0 Å². The molecule has 1 aromatic rings. The van der Waals surface area contributed by atoms with Crippen LogP contribution in [-0.4, -0.2) is 16.7 Å². The van der Waals surface area contributed by atoms with Crippen LogP contribution in [-0.2, 0) is 9.53 Å². The lowest BCUT2D eigenvalue weighted by molar-refractivity contribution is -0.384. The normalized spacial score (nSPS) is 27.5. The summed E-state index contributed by atoms with van der Waals surface area (Å²) in [4.78, 5) is 35.0. The average Bonchev–Trinajstić information content (AvgIpc) is 2.68. The number of non-ortho nitro benzene ring substituents is 1. The lowest BCUT2D eigenvalue weighted by Crippen LogP contribution is -2.44. The van der Waals surface area contributed by atoms with Crippen LogP contribution < -0.4 is 0 Å². The molecule has 1 saturated carbocycles. The van der Waals surface area contributed by atoms with Crippen LogP contribution in [0, 0.1) is 26.9 Å². The first-order chi connectivity index (χ1) is 11.2. The number of ether oxygens (including phenoxy) is 1. The summed E-state index contributed by atoms with van der Waals surface area (Å²) < 4.78 is 5.49. The van der Waals surface area contributed by atoms with E-state index in [1.807, 2.05) is 20.8 Å². The van der Waals surface area contributed by atoms with Crippen molar-refractivity contribution in [1.29, 1.82) is 0 Å². The highest BCUT2D eigenvalue weighted by Crippen LogP contribution is 2.61. The first-order valence-electron chi connectivity index (χ1n) is 7.89. The van der Waals surface area contributed by atoms with Gasteiger partial charge >= 0.3 is 5.97 Å². The molecule has 3 rings (SSSR count). The third kappa shape index (κ3) is 2.25. The van der Waals surface area contributed by atoms with E-state index in [1.165, 1.54) is 30.3 Å². The van der Waals surface area contributed by atoms with Gasteiger partial charge in [0.15, 0.2) is 5.78 Å². The van der Waals surface area contributed by atoms with E-state index in [1.54, 1.807) is 0 Å². The fourth-order valence-corrected chi connectivity index (χ4v) is 3.81. The van der Waals surface area contributed by atoms with E-state index >= 15 is 0 Å². The minimum Gasteiger partial charge on any atom is -0.427 e. The van der Waals surface area contributed by atoms with E-state index in [4.69, 9.17) is 4.74 Å². The molecule has 0 radical (unpaired) electrons. The summed E-state index contributed by atoms with van der Waals surface area (Å²) >= 11 is 0. The highest BCUT2D eigenvalue weighted by Gasteiger charge is 2.59. The van der Waals surface area contributed by atoms with Gasteiger partial charge in [0.1, 0.15) is 5.76 Å². The number of esters is 1. The van der Waals surface area contributed by atoms with Gasteiger partial charge in [-0.05, 0) is 30.4 Å². The van der Waals surface area contributed by atoms with Crippen molar-refractivity contribution < 1.29 is 19.2 Å². The summed E-state index contributed by atoms with van der Waals surface area (Å²) in [5, 5.41) is 10.7. The van der Waals surface area contributed by atoms with Crippen molar-refractivity contribution in [2.45, 2.75) is 33.6 Å². The zero-order valence-corrected chi connectivity index (χ0v) is 13.9. The van der Waals surface area contributed by atoms with E-state index in [-0.39, 0.29) is 28.4 Å². The number of ketones is 1. The Balaban J connectivity index is 1.83. The van der Waals surface area contributed by atoms with Gasteiger partial charge < -0.3 is 4.74 Å². The molecule has 1 fully saturated rings. The van der Waals surface area contributed by atoms with Crippen LogP contribution in [0.5, 0.6) is 0 Å². The molecule has 0 N–H and O–H groups in total. The van der Waals surface area contributed by atoms with E-state index in [9.17, 15) is 19.7 Å². The Morgan fingerprint density at radius 2 is 1.88 bits per heavy atom. The van der Waals surface area contributed by atoms with Crippen LogP contribution in [0.25, 0.3) is 0 Å². The summed E-state index contributed by atoms with van der Waals surface area (Å²) in [6.07, 6.45) is 3.03. The van der Waals surface area contributed by atoms with Gasteiger partial charge in [-0.15, -0.1) is 0 Å². The van der Waals surface area contributed by atoms with Crippen molar-refractivity contribution in [3.63, 3.8) is 0 Å². The average molecular weight is 329 g/mol. The zero-order valence-electron chi connectivity index (χ0n) is 13.9. The Morgan fingerprint density at radius 3 is 2.46 bits per heavy atom. The highest BCUT2D eigenvalue weighted by molar-refractivity contribution is 5.98. The van der Waals surface area contributed by atoms with E-state index in [2.05, 4.69) is 0 Å². The smallest absolute Gasteiger partial charge is 0.343 e. The van der Waals surface area contributed by atoms with Gasteiger partial charge in [0.05, 0.1) is 10.5 Å². The Labute approximate surface area is 139 Å². The molecule has 1 aromatic carbocycles. The second kappa shape index (κ2) is 5.26. The minimum atomic E-state index is -0.602. The molecule has 6 nitrogen and oxygen atoms in total. The standard InChI is InChI=1S/C18H19NO5/c1-17(2)13-8-9-18(17,3)15(20)10-14(13)24-16(21)11-4-6-12(7-5-11)19(22)23/h4-7,10,13H,8-9H2,1-3H3. The van der Waals surface area contributed by atoms with Crippen LogP contribution in [0.3, 0.4) is 0 Å². The number of nitro groups is 1. The number of benzene rings is 1. The molecule has 0 aromatic heterocycles. The Hall–Kier alpha value is -2.50. The quantitative estimate of drug-likeness (QED) is 0.480. The number of carbonyl (C=O) groups is 2. The van der Waals surface area contributed by atoms with E-state index in [0.717, 1.165) is 12.8 Å². The van der Waals surface area contributed by atoms with Crippen molar-refractivity contribution in [2.75, 3.05) is 0 Å². The largest absolute Gasteiger partial charge is 0.427 e. The lowest BCUT2D eigenvalue weighted by Gasteiger charge is -2.43. The van der Waals surface area contributed by atoms with Gasteiger partial charge in [-0.3, -0.25) is 14.9 Å². The van der Waals surface area contributed by atoms with Crippen LogP contribution in [0.4, 0.5) is 5.69 Å². The summed E-state index contributed by atoms with van der Waals surface area (Å²) in [5.41, 5.74) is -0.561. The van der Waals surface area contributed by atoms with Crippen molar-refractivity contribution in [2.24, 2.45) is 16.7 Å². The monoisotopic (exact) mass is 329 g/mol. The number of fused-ring (bicyclic) bond motifs is 2. The summed E-state index contributed by atoms with van der Waals surface area (Å²) in [5.74, 6) is -0.187. The van der Waals surface area contributed by atoms with Gasteiger partial charge in [0, 0.05) is 29.5 Å². The number of rotatable bonds is 3. The van der Waals surface area contributed by atoms with Crippen LogP contribution in [0.15, 0.2) is 36.1 Å². The van der Waals surface area contributed by atoms with Crippen molar-refractivity contribution in [3.8, 4) is 0 Å². The third-order valence-corrected chi connectivity index (χ3v) is 5.91. The summed E-state index contributed by atoms with van der Waals surface area (Å²) in [7, 11) is 0. The first kappa shape index (κ1) is 16.4. The number of nitrogens with zero attached hydrogens (tertiary/aromatic N) is 1. The number of carbonyl (C=O) groups excluding carboxylic acids is 2. The first-order valence-corrected chi connectivity index (χ1v) is 7.89. The molecule has 0 aliphatic heterocycles. The van der Waals surface area contributed by atoms with Gasteiger partial charge in [0.25, 0.3) is 5.69 Å². The summed E-state index contributed by atoms with van der Waals surface area (Å²) in [6.45, 7) is 6.05. The van der Waals surface area contributed by atoms with Gasteiger partial charge in [-0.2, -0.15) is 0 Å². The molecule has 0 saturated heterocycles. The molecular weight excluding hydrogens is 310 g/mol. The Bertz CT molecular complexity index is 762. The maximum absolute atomic E-state index is 12.5. The van der Waals surface area contributed by atoms with Crippen LogP contribution >= 0.6 is 0 Å². The Morgan fingerprint density at radius 1 is 1.25 bits per heavy atom. The maximum atomic E-state index is 12.5. The van der Waals surface area contributed by atoms with E-state index in [0.29, 0.717) is 5.76 Å². The second-order valence-electron chi connectivity index (χ2n) is 7.25. The van der Waals surface area contributed by atoms with Crippen molar-refractivity contribution in [3.05, 3.63) is 51.8 Å². The number of hydrogen-bond acceptors (Lipinski definition) is 5. The summed E-state index contributed by atoms with van der Waals surface area (Å²) in [6, 6.07) is 5.23. The maximum Gasteiger partial charge on any atom is 0.343 e. The van der Waals surface area contributed by atoms with Crippen molar-refractivity contribution >= 4 is 17.4 Å². The predicted octanol–water partition coefficient (Wildman–Crippen LogP) is 3.66.